The molecular formula is C22H19N5O2. The summed E-state index contributed by atoms with van der Waals surface area (Å²) in [5, 5.41) is 9.70. The molecule has 0 aliphatic heterocycles. The van der Waals surface area contributed by atoms with Crippen molar-refractivity contribution in [3.8, 4) is 22.5 Å². The Hall–Kier alpha value is -3.45. The average molecular weight is 385 g/mol. The zero-order valence-electron chi connectivity index (χ0n) is 15.7. The van der Waals surface area contributed by atoms with Gasteiger partial charge >= 0.3 is 0 Å². The Balaban J connectivity index is 1.73. The molecule has 0 bridgehead atoms. The Morgan fingerprint density at radius 1 is 1.10 bits per heavy atom. The standard InChI is InChI=1S/C22H19N5O2/c28-9-8-27-13-25-21-17(22(27)29)10-19(26-20(21)16-2-1-7-23-11-16)15-5-6-18(24-12-15)14-3-4-14/h1-2,5-7,10-14,28H,3-4,8-9H2. The molecule has 4 aromatic rings. The van der Waals surface area contributed by atoms with Crippen molar-refractivity contribution in [1.29, 1.82) is 0 Å². The summed E-state index contributed by atoms with van der Waals surface area (Å²) in [6.45, 7) is 0.0618. The molecule has 7 nitrogen and oxygen atoms in total. The molecule has 0 saturated heterocycles. The number of pyridine rings is 3. The lowest BCUT2D eigenvalue weighted by Gasteiger charge is -2.11. The quantitative estimate of drug-likeness (QED) is 0.568. The van der Waals surface area contributed by atoms with Gasteiger partial charge in [0.15, 0.2) is 0 Å². The fraction of sp³-hybridized carbons (Fsp3) is 0.227. The van der Waals surface area contributed by atoms with Gasteiger partial charge in [0.1, 0.15) is 5.52 Å². The summed E-state index contributed by atoms with van der Waals surface area (Å²) in [6, 6.07) is 9.52. The van der Waals surface area contributed by atoms with Gasteiger partial charge in [-0.1, -0.05) is 0 Å². The minimum absolute atomic E-state index is 0.132. The van der Waals surface area contributed by atoms with Crippen LogP contribution in [0.1, 0.15) is 24.5 Å². The largest absolute Gasteiger partial charge is 0.395 e. The van der Waals surface area contributed by atoms with E-state index in [0.29, 0.717) is 28.2 Å². The minimum Gasteiger partial charge on any atom is -0.395 e. The van der Waals surface area contributed by atoms with E-state index in [1.165, 1.54) is 23.7 Å². The van der Waals surface area contributed by atoms with Crippen molar-refractivity contribution in [2.24, 2.45) is 0 Å². The molecule has 0 aromatic carbocycles. The molecular weight excluding hydrogens is 366 g/mol. The van der Waals surface area contributed by atoms with E-state index in [2.05, 4.69) is 15.0 Å². The van der Waals surface area contributed by atoms with Gasteiger partial charge in [-0.05, 0) is 43.2 Å². The summed E-state index contributed by atoms with van der Waals surface area (Å²) in [6.07, 6.45) is 9.06. The molecule has 1 aliphatic carbocycles. The topological polar surface area (TPSA) is 93.8 Å². The van der Waals surface area contributed by atoms with Crippen LogP contribution in [-0.2, 0) is 6.54 Å². The van der Waals surface area contributed by atoms with E-state index in [1.54, 1.807) is 18.5 Å². The maximum atomic E-state index is 13.0. The summed E-state index contributed by atoms with van der Waals surface area (Å²) in [4.78, 5) is 31.0. The van der Waals surface area contributed by atoms with Gasteiger partial charge in [-0.2, -0.15) is 0 Å². The van der Waals surface area contributed by atoms with Crippen LogP contribution < -0.4 is 5.56 Å². The second-order valence-electron chi connectivity index (χ2n) is 7.21. The van der Waals surface area contributed by atoms with Crippen LogP contribution in [0, 0.1) is 0 Å². The van der Waals surface area contributed by atoms with Crippen LogP contribution >= 0.6 is 0 Å². The second kappa shape index (κ2) is 7.18. The van der Waals surface area contributed by atoms with Crippen molar-refractivity contribution in [2.75, 3.05) is 6.61 Å². The van der Waals surface area contributed by atoms with E-state index < -0.39 is 0 Å². The van der Waals surface area contributed by atoms with Gasteiger partial charge in [-0.15, -0.1) is 0 Å². The summed E-state index contributed by atoms with van der Waals surface area (Å²) in [5.74, 6) is 0.578. The first-order chi connectivity index (χ1) is 14.2. The fourth-order valence-electron chi connectivity index (χ4n) is 3.46. The lowest BCUT2D eigenvalue weighted by molar-refractivity contribution is 0.274. The van der Waals surface area contributed by atoms with Crippen molar-refractivity contribution < 1.29 is 5.11 Å². The average Bonchev–Trinajstić information content (AvgIpc) is 3.61. The molecule has 0 atom stereocenters. The van der Waals surface area contributed by atoms with Gasteiger partial charge in [0, 0.05) is 41.3 Å². The molecule has 29 heavy (non-hydrogen) atoms. The molecule has 0 spiro atoms. The number of hydrogen-bond acceptors (Lipinski definition) is 6. The molecule has 1 fully saturated rings. The molecule has 0 radical (unpaired) electrons. The maximum Gasteiger partial charge on any atom is 0.261 e. The van der Waals surface area contributed by atoms with E-state index in [-0.39, 0.29) is 18.7 Å². The molecule has 0 amide bonds. The smallest absolute Gasteiger partial charge is 0.261 e. The number of nitrogens with zero attached hydrogens (tertiary/aromatic N) is 5. The van der Waals surface area contributed by atoms with Gasteiger partial charge in [-0.25, -0.2) is 9.97 Å². The van der Waals surface area contributed by atoms with Crippen molar-refractivity contribution in [3.05, 3.63) is 71.3 Å². The SMILES string of the molecule is O=c1c2cc(-c3ccc(C4CC4)nc3)nc(-c3cccnc3)c2ncn1CCO. The highest BCUT2D eigenvalue weighted by Crippen LogP contribution is 2.39. The van der Waals surface area contributed by atoms with Gasteiger partial charge in [0.25, 0.3) is 5.56 Å². The molecule has 4 heterocycles. The summed E-state index contributed by atoms with van der Waals surface area (Å²) in [7, 11) is 0. The predicted octanol–water partition coefficient (Wildman–Crippen LogP) is 2.79. The monoisotopic (exact) mass is 385 g/mol. The van der Waals surface area contributed by atoms with Crippen LogP contribution in [0.4, 0.5) is 0 Å². The molecule has 144 valence electrons. The summed E-state index contributed by atoms with van der Waals surface area (Å²) >= 11 is 0. The molecule has 7 heteroatoms. The first-order valence-corrected chi connectivity index (χ1v) is 9.62. The van der Waals surface area contributed by atoms with Crippen LogP contribution in [0.2, 0.25) is 0 Å². The number of hydrogen-bond donors (Lipinski definition) is 1. The zero-order chi connectivity index (χ0) is 19.8. The van der Waals surface area contributed by atoms with Gasteiger partial charge in [0.05, 0.1) is 36.3 Å². The lowest BCUT2D eigenvalue weighted by atomic mass is 10.1. The second-order valence-corrected chi connectivity index (χ2v) is 7.21. The summed E-state index contributed by atoms with van der Waals surface area (Å²) in [5.41, 5.74) is 4.31. The Labute approximate surface area is 166 Å². The van der Waals surface area contributed by atoms with Crippen molar-refractivity contribution >= 4 is 10.9 Å². The highest BCUT2D eigenvalue weighted by Gasteiger charge is 2.24. The van der Waals surface area contributed by atoms with Crippen LogP contribution in [0.15, 0.2) is 60.0 Å². The summed E-state index contributed by atoms with van der Waals surface area (Å²) < 4.78 is 1.41. The van der Waals surface area contributed by atoms with Gasteiger partial charge in [-0.3, -0.25) is 19.3 Å². The Morgan fingerprint density at radius 3 is 2.69 bits per heavy atom. The molecule has 1 N–H and O–H groups in total. The Bertz CT molecular complexity index is 1230. The van der Waals surface area contributed by atoms with Gasteiger partial charge < -0.3 is 5.11 Å². The Kier molecular flexibility index (Phi) is 4.37. The predicted molar refractivity (Wildman–Crippen MR) is 109 cm³/mol. The van der Waals surface area contributed by atoms with Crippen LogP contribution in [0.3, 0.4) is 0 Å². The van der Waals surface area contributed by atoms with Crippen molar-refractivity contribution in [1.82, 2.24) is 24.5 Å². The number of fused-ring (bicyclic) bond motifs is 1. The van der Waals surface area contributed by atoms with E-state index in [0.717, 1.165) is 16.8 Å². The minimum atomic E-state index is -0.208. The van der Waals surface area contributed by atoms with E-state index in [9.17, 15) is 9.90 Å². The highest BCUT2D eigenvalue weighted by molar-refractivity contribution is 5.93. The van der Waals surface area contributed by atoms with Crippen LogP contribution in [0.25, 0.3) is 33.4 Å². The molecule has 4 aromatic heterocycles. The molecule has 1 aliphatic rings. The van der Waals surface area contributed by atoms with E-state index in [1.807, 2.05) is 30.5 Å². The first kappa shape index (κ1) is 17.6. The Morgan fingerprint density at radius 2 is 2.00 bits per heavy atom. The molecule has 5 rings (SSSR count). The molecule has 0 unspecified atom stereocenters. The van der Waals surface area contributed by atoms with Crippen LogP contribution in [-0.4, -0.2) is 36.2 Å². The van der Waals surface area contributed by atoms with Gasteiger partial charge in [0.2, 0.25) is 0 Å². The zero-order valence-corrected chi connectivity index (χ0v) is 15.7. The van der Waals surface area contributed by atoms with E-state index >= 15 is 0 Å². The fourth-order valence-corrected chi connectivity index (χ4v) is 3.46. The normalized spacial score (nSPS) is 13.7. The number of rotatable bonds is 5. The third kappa shape index (κ3) is 3.30. The number of aliphatic hydroxyl groups excluding tert-OH is 1. The van der Waals surface area contributed by atoms with E-state index in [4.69, 9.17) is 4.98 Å². The number of aliphatic hydroxyl groups is 1. The third-order valence-corrected chi connectivity index (χ3v) is 5.16. The van der Waals surface area contributed by atoms with Crippen LogP contribution in [0.5, 0.6) is 0 Å². The lowest BCUT2D eigenvalue weighted by Crippen LogP contribution is -2.22. The molecule has 1 saturated carbocycles. The maximum absolute atomic E-state index is 13.0. The van der Waals surface area contributed by atoms with Crippen molar-refractivity contribution in [3.63, 3.8) is 0 Å². The third-order valence-electron chi connectivity index (χ3n) is 5.16. The first-order valence-electron chi connectivity index (χ1n) is 9.62. The highest BCUT2D eigenvalue weighted by atomic mass is 16.3. The number of aromatic nitrogens is 5. The van der Waals surface area contributed by atoms with Crippen molar-refractivity contribution in [2.45, 2.75) is 25.3 Å².